The minimum atomic E-state index is -1.22. The normalized spacial score (nSPS) is 12.5. The summed E-state index contributed by atoms with van der Waals surface area (Å²) < 4.78 is 29.2. The van der Waals surface area contributed by atoms with Gasteiger partial charge in [0.1, 0.15) is 11.6 Å². The molecule has 0 aliphatic heterocycles. The van der Waals surface area contributed by atoms with Gasteiger partial charge in [-0.1, -0.05) is 31.5 Å². The number of rotatable bonds is 7. The van der Waals surface area contributed by atoms with Crippen molar-refractivity contribution in [1.82, 2.24) is 0 Å². The van der Waals surface area contributed by atoms with Gasteiger partial charge in [0.05, 0.1) is 24.4 Å². The molecule has 0 spiro atoms. The summed E-state index contributed by atoms with van der Waals surface area (Å²) in [6, 6.07) is 2.29. The zero-order valence-electron chi connectivity index (χ0n) is 15.4. The Hall–Kier alpha value is -2.28. The molecule has 0 bridgehead atoms. The van der Waals surface area contributed by atoms with Crippen molar-refractivity contribution in [1.29, 1.82) is 0 Å². The van der Waals surface area contributed by atoms with E-state index in [1.807, 2.05) is 13.8 Å². The van der Waals surface area contributed by atoms with E-state index < -0.39 is 24.0 Å². The molecule has 6 nitrogen and oxygen atoms in total. The minimum Gasteiger partial charge on any atom is -0.492 e. The molecule has 1 N–H and O–H groups in total. The number of esters is 1. The molecule has 26 heavy (non-hydrogen) atoms. The van der Waals surface area contributed by atoms with E-state index in [4.69, 9.17) is 21.1 Å². The summed E-state index contributed by atoms with van der Waals surface area (Å²) in [4.78, 5) is 23.8. The smallest absolute Gasteiger partial charge is 0.412 e. The number of hydrogen-bond donors (Lipinski definition) is 1. The highest BCUT2D eigenvalue weighted by Gasteiger charge is 2.26. The molecule has 0 radical (unpaired) electrons. The Kier molecular flexibility index (Phi) is 8.38. The van der Waals surface area contributed by atoms with Crippen molar-refractivity contribution in [3.05, 3.63) is 34.6 Å². The van der Waals surface area contributed by atoms with Crippen molar-refractivity contribution in [2.45, 2.75) is 33.8 Å². The molecule has 0 fully saturated rings. The highest BCUT2D eigenvalue weighted by molar-refractivity contribution is 6.32. The second-order valence-electron chi connectivity index (χ2n) is 5.93. The van der Waals surface area contributed by atoms with Crippen LogP contribution in [0, 0.1) is 11.7 Å². The number of hydrogen-bond acceptors (Lipinski definition) is 5. The monoisotopic (exact) mass is 387 g/mol. The second kappa shape index (κ2) is 10.0. The Balaban J connectivity index is 2.94. The SMILES string of the molecule is CC=C(C)C(OC(=O)Nc1cc(OCC(C)C)c(Cl)cc1F)C(=O)OC. The summed E-state index contributed by atoms with van der Waals surface area (Å²) >= 11 is 5.95. The fourth-order valence-corrected chi connectivity index (χ4v) is 2.03. The third kappa shape index (κ3) is 6.22. The zero-order chi connectivity index (χ0) is 19.9. The summed E-state index contributed by atoms with van der Waals surface area (Å²) in [7, 11) is 1.18. The van der Waals surface area contributed by atoms with E-state index >= 15 is 0 Å². The van der Waals surface area contributed by atoms with Gasteiger partial charge in [-0.2, -0.15) is 0 Å². The number of carbonyl (C=O) groups excluding carboxylic acids is 2. The summed E-state index contributed by atoms with van der Waals surface area (Å²) in [6.45, 7) is 7.56. The maximum atomic E-state index is 14.1. The van der Waals surface area contributed by atoms with E-state index in [-0.39, 0.29) is 22.4 Å². The lowest BCUT2D eigenvalue weighted by Crippen LogP contribution is -2.31. The van der Waals surface area contributed by atoms with Gasteiger partial charge in [-0.25, -0.2) is 14.0 Å². The van der Waals surface area contributed by atoms with Gasteiger partial charge in [0.2, 0.25) is 6.10 Å². The molecule has 144 valence electrons. The Morgan fingerprint density at radius 2 is 2.00 bits per heavy atom. The van der Waals surface area contributed by atoms with Crippen molar-refractivity contribution >= 4 is 29.4 Å². The lowest BCUT2D eigenvalue weighted by Gasteiger charge is -2.17. The van der Waals surface area contributed by atoms with Crippen molar-refractivity contribution in [3.63, 3.8) is 0 Å². The van der Waals surface area contributed by atoms with Crippen LogP contribution in [0.3, 0.4) is 0 Å². The number of allylic oxidation sites excluding steroid dienone is 1. The van der Waals surface area contributed by atoms with Crippen LogP contribution in [0.25, 0.3) is 0 Å². The molecular weight excluding hydrogens is 365 g/mol. The van der Waals surface area contributed by atoms with Gasteiger partial charge in [-0.3, -0.25) is 5.32 Å². The molecular formula is C18H23ClFNO5. The third-order valence-electron chi connectivity index (χ3n) is 3.34. The van der Waals surface area contributed by atoms with Gasteiger partial charge >= 0.3 is 12.1 Å². The zero-order valence-corrected chi connectivity index (χ0v) is 16.1. The molecule has 8 heteroatoms. The number of ether oxygens (including phenoxy) is 3. The van der Waals surface area contributed by atoms with Crippen LogP contribution < -0.4 is 10.1 Å². The van der Waals surface area contributed by atoms with Gasteiger partial charge in [0.25, 0.3) is 0 Å². The van der Waals surface area contributed by atoms with Gasteiger partial charge in [0.15, 0.2) is 0 Å². The molecule has 0 saturated carbocycles. The lowest BCUT2D eigenvalue weighted by atomic mass is 10.1. The predicted octanol–water partition coefficient (Wildman–Crippen LogP) is 4.57. The van der Waals surface area contributed by atoms with Crippen LogP contribution in [0.2, 0.25) is 5.02 Å². The van der Waals surface area contributed by atoms with Crippen molar-refractivity contribution in [2.75, 3.05) is 19.0 Å². The predicted molar refractivity (Wildman–Crippen MR) is 97.1 cm³/mol. The number of halogens is 2. The first-order valence-electron chi connectivity index (χ1n) is 7.99. The fraction of sp³-hybridized carbons (Fsp3) is 0.444. The fourth-order valence-electron chi connectivity index (χ4n) is 1.82. The number of carbonyl (C=O) groups is 2. The van der Waals surface area contributed by atoms with Crippen molar-refractivity contribution in [3.8, 4) is 5.75 Å². The average molecular weight is 388 g/mol. The van der Waals surface area contributed by atoms with Crippen molar-refractivity contribution in [2.24, 2.45) is 5.92 Å². The first kappa shape index (κ1) is 21.8. The van der Waals surface area contributed by atoms with Crippen LogP contribution in [0.15, 0.2) is 23.8 Å². The minimum absolute atomic E-state index is 0.0827. The average Bonchev–Trinajstić information content (AvgIpc) is 2.59. The van der Waals surface area contributed by atoms with E-state index in [9.17, 15) is 14.0 Å². The topological polar surface area (TPSA) is 73.9 Å². The van der Waals surface area contributed by atoms with E-state index in [0.29, 0.717) is 12.2 Å². The molecule has 0 heterocycles. The van der Waals surface area contributed by atoms with Crippen LogP contribution in [0.1, 0.15) is 27.7 Å². The molecule has 1 unspecified atom stereocenters. The molecule has 0 saturated heterocycles. The Morgan fingerprint density at radius 3 is 2.54 bits per heavy atom. The van der Waals surface area contributed by atoms with Crippen LogP contribution in [0.4, 0.5) is 14.9 Å². The number of nitrogens with one attached hydrogen (secondary N) is 1. The largest absolute Gasteiger partial charge is 0.492 e. The van der Waals surface area contributed by atoms with Crippen LogP contribution in [-0.4, -0.2) is 31.9 Å². The van der Waals surface area contributed by atoms with Gasteiger partial charge < -0.3 is 14.2 Å². The Bertz CT molecular complexity index is 690. The molecule has 0 aromatic heterocycles. The number of methoxy groups -OCH3 is 1. The molecule has 1 atom stereocenters. The van der Waals surface area contributed by atoms with E-state index in [0.717, 1.165) is 6.07 Å². The van der Waals surface area contributed by atoms with E-state index in [1.54, 1.807) is 19.9 Å². The lowest BCUT2D eigenvalue weighted by molar-refractivity contribution is -0.148. The summed E-state index contributed by atoms with van der Waals surface area (Å²) in [6.07, 6.45) is -0.634. The molecule has 1 aromatic carbocycles. The number of anilines is 1. The highest BCUT2D eigenvalue weighted by atomic mass is 35.5. The maximum absolute atomic E-state index is 14.1. The number of benzene rings is 1. The van der Waals surface area contributed by atoms with Gasteiger partial charge in [-0.05, 0) is 31.4 Å². The molecule has 1 amide bonds. The highest BCUT2D eigenvalue weighted by Crippen LogP contribution is 2.31. The quantitative estimate of drug-likeness (QED) is 0.548. The summed E-state index contributed by atoms with van der Waals surface area (Å²) in [5.74, 6) is -1.04. The molecule has 0 aliphatic rings. The third-order valence-corrected chi connectivity index (χ3v) is 3.63. The summed E-state index contributed by atoms with van der Waals surface area (Å²) in [5, 5.41) is 2.33. The Labute approximate surface area is 157 Å². The van der Waals surface area contributed by atoms with Crippen LogP contribution in [0.5, 0.6) is 5.75 Å². The Morgan fingerprint density at radius 1 is 1.35 bits per heavy atom. The van der Waals surface area contributed by atoms with Crippen molar-refractivity contribution < 1.29 is 28.2 Å². The van der Waals surface area contributed by atoms with Gasteiger partial charge in [0, 0.05) is 6.07 Å². The molecule has 0 aliphatic carbocycles. The first-order chi connectivity index (χ1) is 12.2. The van der Waals surface area contributed by atoms with Gasteiger partial charge in [-0.15, -0.1) is 0 Å². The molecule has 1 aromatic rings. The van der Waals surface area contributed by atoms with E-state index in [1.165, 1.54) is 13.2 Å². The number of amides is 1. The standard InChI is InChI=1S/C18H23ClFNO5/c1-6-11(4)16(17(22)24-5)26-18(23)21-14-8-15(25-9-10(2)3)12(19)7-13(14)20/h6-8,10,16H,9H2,1-5H3,(H,21,23). The first-order valence-corrected chi connectivity index (χ1v) is 8.37. The van der Waals surface area contributed by atoms with E-state index in [2.05, 4.69) is 10.1 Å². The van der Waals surface area contributed by atoms with Crippen LogP contribution >= 0.6 is 11.6 Å². The second-order valence-corrected chi connectivity index (χ2v) is 6.34. The van der Waals surface area contributed by atoms with Crippen LogP contribution in [-0.2, 0) is 14.3 Å². The summed E-state index contributed by atoms with van der Waals surface area (Å²) in [5.41, 5.74) is 0.296. The maximum Gasteiger partial charge on any atom is 0.412 e. The molecule has 1 rings (SSSR count).